The quantitative estimate of drug-likeness (QED) is 0.548. The fraction of sp³-hybridized carbons (Fsp3) is 0.857. The molecule has 5 nitrogen and oxygen atoms in total. The Morgan fingerprint density at radius 1 is 1.46 bits per heavy atom. The Morgan fingerprint density at radius 3 is 2.46 bits per heavy atom. The smallest absolute Gasteiger partial charge is 0.208 e. The minimum atomic E-state index is -3.11. The number of hydrogen-bond acceptors (Lipinski definition) is 4. The van der Waals surface area contributed by atoms with Gasteiger partial charge in [-0.15, -0.1) is 0 Å². The second-order valence-electron chi connectivity index (χ2n) is 2.73. The van der Waals surface area contributed by atoms with Crippen LogP contribution in [0.4, 0.5) is 0 Å². The predicted molar refractivity (Wildman–Crippen MR) is 51.0 cm³/mol. The van der Waals surface area contributed by atoms with Crippen molar-refractivity contribution in [1.29, 1.82) is 0 Å². The summed E-state index contributed by atoms with van der Waals surface area (Å²) in [6.45, 7) is 3.92. The van der Waals surface area contributed by atoms with Crippen molar-refractivity contribution in [3.8, 4) is 0 Å². The molecule has 0 aliphatic carbocycles. The average molecular weight is 208 g/mol. The number of carbonyl (C=O) groups excluding carboxylic acids is 1. The van der Waals surface area contributed by atoms with Gasteiger partial charge >= 0.3 is 0 Å². The maximum atomic E-state index is 10.7. The number of nitrogens with zero attached hydrogens (tertiary/aromatic N) is 1. The Bertz CT molecular complexity index is 238. The van der Waals surface area contributed by atoms with E-state index in [1.807, 2.05) is 11.8 Å². The molecule has 0 aromatic carbocycles. The number of aldehydes is 1. The van der Waals surface area contributed by atoms with Gasteiger partial charge in [0.05, 0.1) is 12.8 Å². The first-order valence-corrected chi connectivity index (χ1v) is 5.99. The van der Waals surface area contributed by atoms with Crippen LogP contribution < -0.4 is 4.72 Å². The summed E-state index contributed by atoms with van der Waals surface area (Å²) >= 11 is 0. The molecule has 0 rings (SSSR count). The van der Waals surface area contributed by atoms with Gasteiger partial charge in [-0.3, -0.25) is 4.90 Å². The number of sulfonamides is 1. The molecule has 13 heavy (non-hydrogen) atoms. The third-order valence-corrected chi connectivity index (χ3v) is 2.30. The van der Waals surface area contributed by atoms with Crippen LogP contribution in [0.5, 0.6) is 0 Å². The molecule has 78 valence electrons. The van der Waals surface area contributed by atoms with Gasteiger partial charge in [0.1, 0.15) is 6.29 Å². The standard InChI is InChI=1S/C7H16N2O3S/c1-3-9(6-7-10)5-4-8-13(2,11)12/h7-8H,3-6H2,1-2H3. The molecular formula is C7H16N2O3S. The van der Waals surface area contributed by atoms with Gasteiger partial charge in [-0.25, -0.2) is 13.1 Å². The molecule has 0 aromatic heterocycles. The Hall–Kier alpha value is -0.460. The Labute approximate surface area is 79.2 Å². The third kappa shape index (κ3) is 7.89. The number of hydrogen-bond donors (Lipinski definition) is 1. The monoisotopic (exact) mass is 208 g/mol. The van der Waals surface area contributed by atoms with Crippen LogP contribution in [0.2, 0.25) is 0 Å². The topological polar surface area (TPSA) is 66.5 Å². The summed E-state index contributed by atoms with van der Waals surface area (Å²) in [5.41, 5.74) is 0. The fourth-order valence-electron chi connectivity index (χ4n) is 0.873. The van der Waals surface area contributed by atoms with Crippen LogP contribution in [0.1, 0.15) is 6.92 Å². The highest BCUT2D eigenvalue weighted by molar-refractivity contribution is 7.88. The molecule has 0 aliphatic heterocycles. The maximum Gasteiger partial charge on any atom is 0.208 e. The largest absolute Gasteiger partial charge is 0.302 e. The highest BCUT2D eigenvalue weighted by atomic mass is 32.2. The molecule has 0 fully saturated rings. The van der Waals surface area contributed by atoms with Crippen molar-refractivity contribution in [1.82, 2.24) is 9.62 Å². The Morgan fingerprint density at radius 2 is 2.08 bits per heavy atom. The van der Waals surface area contributed by atoms with Crippen LogP contribution in [0.25, 0.3) is 0 Å². The second-order valence-corrected chi connectivity index (χ2v) is 4.56. The van der Waals surface area contributed by atoms with Crippen LogP contribution in [-0.4, -0.2) is 52.0 Å². The van der Waals surface area contributed by atoms with Gasteiger partial charge in [0.2, 0.25) is 10.0 Å². The molecule has 0 aromatic rings. The van der Waals surface area contributed by atoms with E-state index in [-0.39, 0.29) is 0 Å². The van der Waals surface area contributed by atoms with E-state index in [9.17, 15) is 13.2 Å². The van der Waals surface area contributed by atoms with E-state index in [1.54, 1.807) is 0 Å². The molecule has 0 saturated carbocycles. The molecule has 0 heterocycles. The van der Waals surface area contributed by atoms with Gasteiger partial charge in [0.15, 0.2) is 0 Å². The lowest BCUT2D eigenvalue weighted by Gasteiger charge is -2.16. The summed E-state index contributed by atoms with van der Waals surface area (Å²) in [6, 6.07) is 0. The summed E-state index contributed by atoms with van der Waals surface area (Å²) in [5, 5.41) is 0. The minimum Gasteiger partial charge on any atom is -0.302 e. The highest BCUT2D eigenvalue weighted by Gasteiger charge is 2.03. The van der Waals surface area contributed by atoms with Crippen molar-refractivity contribution < 1.29 is 13.2 Å². The Kier molecular flexibility index (Phi) is 5.85. The Balaban J connectivity index is 3.67. The SMILES string of the molecule is CCN(CC=O)CCNS(C)(=O)=O. The zero-order chi connectivity index (χ0) is 10.3. The van der Waals surface area contributed by atoms with Crippen molar-refractivity contribution in [2.24, 2.45) is 0 Å². The fourth-order valence-corrected chi connectivity index (χ4v) is 1.34. The van der Waals surface area contributed by atoms with E-state index in [0.29, 0.717) is 19.6 Å². The van der Waals surface area contributed by atoms with E-state index < -0.39 is 10.0 Å². The van der Waals surface area contributed by atoms with E-state index in [2.05, 4.69) is 4.72 Å². The van der Waals surface area contributed by atoms with Gasteiger partial charge in [0.25, 0.3) is 0 Å². The lowest BCUT2D eigenvalue weighted by molar-refractivity contribution is -0.108. The first-order chi connectivity index (χ1) is 5.99. The van der Waals surface area contributed by atoms with Crippen LogP contribution in [0.3, 0.4) is 0 Å². The molecular weight excluding hydrogens is 192 g/mol. The summed E-state index contributed by atoms with van der Waals surface area (Å²) in [4.78, 5) is 12.0. The van der Waals surface area contributed by atoms with Gasteiger partial charge in [-0.05, 0) is 6.54 Å². The summed E-state index contributed by atoms with van der Waals surface area (Å²) in [5.74, 6) is 0. The van der Waals surface area contributed by atoms with Gasteiger partial charge in [-0.2, -0.15) is 0 Å². The number of rotatable bonds is 7. The minimum absolute atomic E-state index is 0.348. The molecule has 0 aliphatic rings. The summed E-state index contributed by atoms with van der Waals surface area (Å²) in [7, 11) is -3.11. The van der Waals surface area contributed by atoms with Crippen LogP contribution in [-0.2, 0) is 14.8 Å². The third-order valence-electron chi connectivity index (χ3n) is 1.57. The van der Waals surface area contributed by atoms with Crippen molar-refractivity contribution in [3.63, 3.8) is 0 Å². The van der Waals surface area contributed by atoms with Crippen molar-refractivity contribution in [3.05, 3.63) is 0 Å². The molecule has 0 spiro atoms. The van der Waals surface area contributed by atoms with Crippen molar-refractivity contribution in [2.45, 2.75) is 6.92 Å². The van der Waals surface area contributed by atoms with E-state index >= 15 is 0 Å². The van der Waals surface area contributed by atoms with Crippen molar-refractivity contribution in [2.75, 3.05) is 32.4 Å². The molecule has 0 saturated heterocycles. The number of nitrogens with one attached hydrogen (secondary N) is 1. The van der Waals surface area contributed by atoms with Gasteiger partial charge in [-0.1, -0.05) is 6.92 Å². The lowest BCUT2D eigenvalue weighted by atomic mass is 10.5. The predicted octanol–water partition coefficient (Wildman–Crippen LogP) is -0.944. The van der Waals surface area contributed by atoms with E-state index in [1.165, 1.54) is 0 Å². The van der Waals surface area contributed by atoms with Crippen LogP contribution in [0, 0.1) is 0 Å². The zero-order valence-corrected chi connectivity index (χ0v) is 8.80. The summed E-state index contributed by atoms with van der Waals surface area (Å²) in [6.07, 6.45) is 1.92. The van der Waals surface area contributed by atoms with Gasteiger partial charge < -0.3 is 4.79 Å². The maximum absolute atomic E-state index is 10.7. The van der Waals surface area contributed by atoms with E-state index in [4.69, 9.17) is 0 Å². The van der Waals surface area contributed by atoms with Crippen molar-refractivity contribution >= 4 is 16.3 Å². The molecule has 1 N–H and O–H groups in total. The zero-order valence-electron chi connectivity index (χ0n) is 7.99. The van der Waals surface area contributed by atoms with Gasteiger partial charge in [0, 0.05) is 13.1 Å². The normalized spacial score (nSPS) is 11.9. The first-order valence-electron chi connectivity index (χ1n) is 4.10. The molecule has 0 radical (unpaired) electrons. The van der Waals surface area contributed by atoms with E-state index in [0.717, 1.165) is 19.1 Å². The lowest BCUT2D eigenvalue weighted by Crippen LogP contribution is -2.35. The highest BCUT2D eigenvalue weighted by Crippen LogP contribution is 1.84. The summed E-state index contributed by atoms with van der Waals surface area (Å²) < 4.78 is 23.7. The van der Waals surface area contributed by atoms with Crippen LogP contribution >= 0.6 is 0 Å². The molecule has 0 bridgehead atoms. The molecule has 0 atom stereocenters. The number of carbonyl (C=O) groups is 1. The van der Waals surface area contributed by atoms with Crippen LogP contribution in [0.15, 0.2) is 0 Å². The molecule has 0 amide bonds. The number of likely N-dealkylation sites (N-methyl/N-ethyl adjacent to an activating group) is 1. The average Bonchev–Trinajstić information content (AvgIpc) is 2.01. The molecule has 6 heteroatoms. The first kappa shape index (κ1) is 12.5. The second kappa shape index (κ2) is 6.06. The molecule has 0 unspecified atom stereocenters.